The SMILES string of the molecule is CC1=CCCC(C)=C(C)N=C1c1cc2nc(N3CCCC3)cc(NC3CCCCC3)n2n1. The molecule has 5 rings (SSSR count). The van der Waals surface area contributed by atoms with Gasteiger partial charge in [0.1, 0.15) is 17.3 Å². The minimum atomic E-state index is 0.515. The van der Waals surface area contributed by atoms with Gasteiger partial charge in [0.05, 0.1) is 5.71 Å². The number of anilines is 2. The van der Waals surface area contributed by atoms with E-state index >= 15 is 0 Å². The Morgan fingerprint density at radius 2 is 1.75 bits per heavy atom. The summed E-state index contributed by atoms with van der Waals surface area (Å²) in [5.74, 6) is 2.13. The fourth-order valence-corrected chi connectivity index (χ4v) is 5.14. The highest BCUT2D eigenvalue weighted by atomic mass is 15.3. The number of rotatable bonds is 4. The third-order valence-corrected chi connectivity index (χ3v) is 7.28. The molecule has 1 N–H and O–H groups in total. The number of aromatic nitrogens is 3. The maximum atomic E-state index is 5.03. The van der Waals surface area contributed by atoms with Gasteiger partial charge < -0.3 is 10.2 Å². The normalized spacial score (nSPS) is 20.9. The van der Waals surface area contributed by atoms with E-state index in [2.05, 4.69) is 49.2 Å². The molecule has 0 amide bonds. The summed E-state index contributed by atoms with van der Waals surface area (Å²) in [4.78, 5) is 12.4. The van der Waals surface area contributed by atoms with Crippen molar-refractivity contribution in [1.29, 1.82) is 0 Å². The van der Waals surface area contributed by atoms with Crippen LogP contribution in [0.2, 0.25) is 0 Å². The lowest BCUT2D eigenvalue weighted by atomic mass is 9.95. The van der Waals surface area contributed by atoms with Crippen LogP contribution in [0.15, 0.2) is 40.0 Å². The summed E-state index contributed by atoms with van der Waals surface area (Å²) in [6, 6.07) is 4.84. The molecule has 32 heavy (non-hydrogen) atoms. The van der Waals surface area contributed by atoms with Crippen LogP contribution in [0.3, 0.4) is 0 Å². The summed E-state index contributed by atoms with van der Waals surface area (Å²) in [5, 5.41) is 8.85. The predicted octanol–water partition coefficient (Wildman–Crippen LogP) is 5.90. The summed E-state index contributed by atoms with van der Waals surface area (Å²) < 4.78 is 2.00. The van der Waals surface area contributed by atoms with Gasteiger partial charge >= 0.3 is 0 Å². The Labute approximate surface area is 191 Å². The third kappa shape index (κ3) is 4.32. The van der Waals surface area contributed by atoms with Crippen molar-refractivity contribution in [2.75, 3.05) is 23.3 Å². The van der Waals surface area contributed by atoms with Gasteiger partial charge in [0.25, 0.3) is 0 Å². The monoisotopic (exact) mass is 432 g/mol. The molecule has 6 nitrogen and oxygen atoms in total. The quantitative estimate of drug-likeness (QED) is 0.654. The first-order valence-corrected chi connectivity index (χ1v) is 12.4. The van der Waals surface area contributed by atoms with E-state index in [4.69, 9.17) is 15.1 Å². The zero-order chi connectivity index (χ0) is 22.1. The molecule has 3 aliphatic rings. The van der Waals surface area contributed by atoms with Crippen LogP contribution in [0.1, 0.15) is 84.3 Å². The number of fused-ring (bicyclic) bond motifs is 1. The second kappa shape index (κ2) is 9.08. The minimum Gasteiger partial charge on any atom is -0.367 e. The second-order valence-electron chi connectivity index (χ2n) is 9.72. The zero-order valence-corrected chi connectivity index (χ0v) is 19.8. The van der Waals surface area contributed by atoms with Crippen LogP contribution in [0, 0.1) is 0 Å². The largest absolute Gasteiger partial charge is 0.367 e. The van der Waals surface area contributed by atoms with E-state index in [1.807, 2.05) is 4.52 Å². The molecule has 0 radical (unpaired) electrons. The molecular formula is C26H36N6. The lowest BCUT2D eigenvalue weighted by molar-refractivity contribution is 0.461. The summed E-state index contributed by atoms with van der Waals surface area (Å²) in [5.41, 5.74) is 6.43. The first-order valence-electron chi connectivity index (χ1n) is 12.4. The molecule has 6 heteroatoms. The van der Waals surface area contributed by atoms with Crippen molar-refractivity contribution in [2.24, 2.45) is 4.99 Å². The Bertz CT molecular complexity index is 1080. The van der Waals surface area contributed by atoms with Gasteiger partial charge in [-0.2, -0.15) is 9.61 Å². The number of hydrogen-bond donors (Lipinski definition) is 1. The van der Waals surface area contributed by atoms with Gasteiger partial charge in [-0.05, 0) is 64.9 Å². The Morgan fingerprint density at radius 3 is 2.53 bits per heavy atom. The van der Waals surface area contributed by atoms with Gasteiger partial charge in [0.2, 0.25) is 0 Å². The van der Waals surface area contributed by atoms with E-state index in [9.17, 15) is 0 Å². The van der Waals surface area contributed by atoms with Gasteiger partial charge in [-0.1, -0.05) is 30.9 Å². The highest BCUT2D eigenvalue weighted by molar-refractivity contribution is 6.12. The van der Waals surface area contributed by atoms with Crippen molar-refractivity contribution in [1.82, 2.24) is 14.6 Å². The molecular weight excluding hydrogens is 396 g/mol. The third-order valence-electron chi connectivity index (χ3n) is 7.28. The van der Waals surface area contributed by atoms with Crippen LogP contribution in [0.5, 0.6) is 0 Å². The molecule has 1 aliphatic carbocycles. The predicted molar refractivity (Wildman–Crippen MR) is 133 cm³/mol. The van der Waals surface area contributed by atoms with E-state index in [1.165, 1.54) is 56.1 Å². The molecule has 2 aromatic rings. The molecule has 0 spiro atoms. The molecule has 0 atom stereocenters. The topological polar surface area (TPSA) is 57.8 Å². The van der Waals surface area contributed by atoms with Crippen molar-refractivity contribution in [3.05, 3.63) is 40.7 Å². The summed E-state index contributed by atoms with van der Waals surface area (Å²) in [6.07, 6.45) is 13.3. The summed E-state index contributed by atoms with van der Waals surface area (Å²) >= 11 is 0. The van der Waals surface area contributed by atoms with Gasteiger partial charge in [0.15, 0.2) is 5.65 Å². The van der Waals surface area contributed by atoms with Crippen molar-refractivity contribution in [3.8, 4) is 0 Å². The molecule has 4 heterocycles. The average Bonchev–Trinajstić information content (AvgIpc) is 3.47. The molecule has 0 unspecified atom stereocenters. The maximum Gasteiger partial charge on any atom is 0.160 e. The highest BCUT2D eigenvalue weighted by Crippen LogP contribution is 2.28. The van der Waals surface area contributed by atoms with Crippen molar-refractivity contribution in [3.63, 3.8) is 0 Å². The maximum absolute atomic E-state index is 5.03. The number of aliphatic imine (C=N–C) groups is 1. The molecule has 2 aromatic heterocycles. The first kappa shape index (κ1) is 21.2. The second-order valence-corrected chi connectivity index (χ2v) is 9.72. The number of nitrogens with one attached hydrogen (secondary N) is 1. The van der Waals surface area contributed by atoms with Crippen molar-refractivity contribution >= 4 is 23.0 Å². The average molecular weight is 433 g/mol. The Morgan fingerprint density at radius 1 is 0.969 bits per heavy atom. The van der Waals surface area contributed by atoms with Gasteiger partial charge in [-0.15, -0.1) is 0 Å². The minimum absolute atomic E-state index is 0.515. The Kier molecular flexibility index (Phi) is 6.03. The Hall–Kier alpha value is -2.63. The standard InChI is InChI=1S/C26H36N6/c1-18-10-9-11-19(2)26(27-20(18)3)22-16-24-29-23(31-14-7-8-15-31)17-25(32(24)30-22)28-21-12-5-4-6-13-21/h11,16-17,21,28H,4-10,12-15H2,1-3H3. The van der Waals surface area contributed by atoms with Crippen LogP contribution < -0.4 is 10.2 Å². The van der Waals surface area contributed by atoms with Gasteiger partial charge in [0, 0.05) is 37.0 Å². The smallest absolute Gasteiger partial charge is 0.160 e. The highest BCUT2D eigenvalue weighted by Gasteiger charge is 2.21. The first-order chi connectivity index (χ1) is 15.6. The molecule has 170 valence electrons. The van der Waals surface area contributed by atoms with Crippen LogP contribution >= 0.6 is 0 Å². The number of hydrogen-bond acceptors (Lipinski definition) is 5. The van der Waals surface area contributed by atoms with E-state index < -0.39 is 0 Å². The van der Waals surface area contributed by atoms with Gasteiger partial charge in [-0.3, -0.25) is 4.99 Å². The van der Waals surface area contributed by atoms with E-state index in [0.29, 0.717) is 6.04 Å². The van der Waals surface area contributed by atoms with Crippen LogP contribution in [0.4, 0.5) is 11.6 Å². The summed E-state index contributed by atoms with van der Waals surface area (Å²) in [7, 11) is 0. The molecule has 0 bridgehead atoms. The van der Waals surface area contributed by atoms with Crippen LogP contribution in [-0.4, -0.2) is 39.4 Å². The van der Waals surface area contributed by atoms with E-state index in [1.54, 1.807) is 0 Å². The lowest BCUT2D eigenvalue weighted by Gasteiger charge is -2.25. The molecule has 1 saturated carbocycles. The van der Waals surface area contributed by atoms with Crippen molar-refractivity contribution < 1.29 is 0 Å². The summed E-state index contributed by atoms with van der Waals surface area (Å²) in [6.45, 7) is 8.63. The Balaban J connectivity index is 1.59. The number of nitrogens with zero attached hydrogens (tertiary/aromatic N) is 5. The zero-order valence-electron chi connectivity index (χ0n) is 19.8. The lowest BCUT2D eigenvalue weighted by Crippen LogP contribution is -2.25. The van der Waals surface area contributed by atoms with Gasteiger partial charge in [-0.25, -0.2) is 4.98 Å². The fourth-order valence-electron chi connectivity index (χ4n) is 5.14. The molecule has 2 aliphatic heterocycles. The van der Waals surface area contributed by atoms with Crippen molar-refractivity contribution in [2.45, 2.75) is 84.6 Å². The molecule has 2 fully saturated rings. The van der Waals surface area contributed by atoms with Crippen LogP contribution in [0.25, 0.3) is 5.65 Å². The van der Waals surface area contributed by atoms with E-state index in [0.717, 1.165) is 60.3 Å². The molecule has 0 aromatic carbocycles. The van der Waals surface area contributed by atoms with E-state index in [-0.39, 0.29) is 0 Å². The van der Waals surface area contributed by atoms with Crippen LogP contribution in [-0.2, 0) is 0 Å². The molecule has 1 saturated heterocycles. The fraction of sp³-hybridized carbons (Fsp3) is 0.577. The number of allylic oxidation sites excluding steroid dienone is 4.